The molecule has 2 atom stereocenters. The van der Waals surface area contributed by atoms with Gasteiger partial charge >= 0.3 is 0 Å². The first-order chi connectivity index (χ1) is 15.8. The lowest BCUT2D eigenvalue weighted by molar-refractivity contribution is 0.278. The number of benzene rings is 2. The molecule has 4 nitrogen and oxygen atoms in total. The van der Waals surface area contributed by atoms with E-state index in [1.165, 1.54) is 33.4 Å². The highest BCUT2D eigenvalue weighted by molar-refractivity contribution is 8.77. The fraction of sp³-hybridized carbons (Fsp3) is 0.571. The van der Waals surface area contributed by atoms with Crippen molar-refractivity contribution in [3.8, 4) is 0 Å². The Labute approximate surface area is 239 Å². The van der Waals surface area contributed by atoms with Crippen molar-refractivity contribution in [2.24, 2.45) is 0 Å². The van der Waals surface area contributed by atoms with Gasteiger partial charge < -0.3 is 10.2 Å². The van der Waals surface area contributed by atoms with Crippen molar-refractivity contribution < 1.29 is 10.2 Å². The van der Waals surface area contributed by atoms with E-state index >= 15 is 0 Å². The summed E-state index contributed by atoms with van der Waals surface area (Å²) in [6, 6.07) is 13.4. The Hall–Kier alpha value is -0.440. The number of hydrogen-bond acceptors (Lipinski definition) is 6. The fourth-order valence-electron chi connectivity index (χ4n) is 3.65. The number of aliphatic hydroxyl groups excluding tert-OH is 2. The predicted octanol–water partition coefficient (Wildman–Crippen LogP) is 6.64. The third-order valence-corrected chi connectivity index (χ3v) is 8.63. The number of aryl methyl sites for hydroxylation is 2. The number of halogens is 2. The number of rotatable bonds is 11. The van der Waals surface area contributed by atoms with Gasteiger partial charge in [0.05, 0.1) is 24.0 Å². The molecule has 0 saturated heterocycles. The van der Waals surface area contributed by atoms with Crippen LogP contribution in [0.3, 0.4) is 0 Å². The molecule has 0 heterocycles. The first-order valence-corrected chi connectivity index (χ1v) is 14.3. The zero-order chi connectivity index (χ0) is 25.5. The van der Waals surface area contributed by atoms with Gasteiger partial charge in [0.15, 0.2) is 0 Å². The Balaban J connectivity index is 0.00000612. The van der Waals surface area contributed by atoms with Gasteiger partial charge in [-0.2, -0.15) is 0 Å². The molecular weight excluding hydrogens is 531 g/mol. The maximum absolute atomic E-state index is 9.89. The minimum atomic E-state index is -0.120. The summed E-state index contributed by atoms with van der Waals surface area (Å²) in [7, 11) is 3.13. The molecule has 0 bridgehead atoms. The second-order valence-electron chi connectivity index (χ2n) is 11.2. The van der Waals surface area contributed by atoms with Gasteiger partial charge in [-0.25, -0.2) is 0 Å². The Bertz CT molecular complexity index is 855. The highest BCUT2D eigenvalue weighted by atomic mass is 35.5. The van der Waals surface area contributed by atoms with Crippen LogP contribution in [0.1, 0.15) is 74.9 Å². The van der Waals surface area contributed by atoms with Crippen molar-refractivity contribution in [1.82, 2.24) is 10.6 Å². The van der Waals surface area contributed by atoms with E-state index in [4.69, 9.17) is 0 Å². The zero-order valence-corrected chi connectivity index (χ0v) is 26.2. The standard InChI is InChI=1S/C28H44N2O2S2.2ClH/c1-19-9-21(13-23(11-19)27(3,4)5)15-29-25(17-31)33-34-26(18-32)30-16-22-10-20(2)12-24(14-22)28(6,7)8;;/h9-14,25-26,29-32H,15-18H2,1-8H3;2*1H. The minimum Gasteiger partial charge on any atom is -0.394 e. The van der Waals surface area contributed by atoms with E-state index in [9.17, 15) is 10.2 Å². The van der Waals surface area contributed by atoms with Crippen LogP contribution in [0.4, 0.5) is 0 Å². The van der Waals surface area contributed by atoms with Crippen LogP contribution in [0.25, 0.3) is 0 Å². The Kier molecular flexibility index (Phi) is 15.7. The average molecular weight is 578 g/mol. The Morgan fingerprint density at radius 2 is 0.972 bits per heavy atom. The van der Waals surface area contributed by atoms with Crippen molar-refractivity contribution in [2.75, 3.05) is 13.2 Å². The van der Waals surface area contributed by atoms with Crippen molar-refractivity contribution >= 4 is 46.4 Å². The maximum atomic E-state index is 9.89. The molecule has 4 N–H and O–H groups in total. The lowest BCUT2D eigenvalue weighted by Gasteiger charge is -2.23. The summed E-state index contributed by atoms with van der Waals surface area (Å²) in [5, 5.41) is 26.5. The van der Waals surface area contributed by atoms with E-state index in [2.05, 4.69) is 102 Å². The molecule has 0 aliphatic rings. The summed E-state index contributed by atoms with van der Waals surface area (Å²) in [4.78, 5) is 0. The third-order valence-electron chi connectivity index (χ3n) is 5.69. The number of nitrogens with one attached hydrogen (secondary N) is 2. The van der Waals surface area contributed by atoms with Crippen LogP contribution in [0, 0.1) is 13.8 Å². The van der Waals surface area contributed by atoms with E-state index in [1.807, 2.05) is 0 Å². The molecule has 0 saturated carbocycles. The van der Waals surface area contributed by atoms with Crippen molar-refractivity contribution in [2.45, 2.75) is 90.1 Å². The zero-order valence-electron chi connectivity index (χ0n) is 23.0. The van der Waals surface area contributed by atoms with Crippen LogP contribution in [0.5, 0.6) is 0 Å². The topological polar surface area (TPSA) is 64.5 Å². The van der Waals surface area contributed by atoms with Crippen LogP contribution in [0.15, 0.2) is 36.4 Å². The average Bonchev–Trinajstić information content (AvgIpc) is 2.73. The molecule has 0 spiro atoms. The molecular formula is C28H46Cl2N2O2S2. The van der Waals surface area contributed by atoms with Gasteiger partial charge in [-0.15, -0.1) is 24.8 Å². The molecule has 0 aromatic heterocycles. The highest BCUT2D eigenvalue weighted by Crippen LogP contribution is 2.30. The first kappa shape index (κ1) is 35.6. The number of hydrogen-bond donors (Lipinski definition) is 4. The summed E-state index contributed by atoms with van der Waals surface area (Å²) in [6.07, 6.45) is 0. The summed E-state index contributed by atoms with van der Waals surface area (Å²) in [5.41, 5.74) is 7.80. The van der Waals surface area contributed by atoms with Crippen LogP contribution in [-0.4, -0.2) is 34.2 Å². The molecule has 2 unspecified atom stereocenters. The molecule has 0 aliphatic carbocycles. The molecule has 206 valence electrons. The molecule has 0 amide bonds. The van der Waals surface area contributed by atoms with E-state index in [0.29, 0.717) is 13.1 Å². The van der Waals surface area contributed by atoms with Crippen molar-refractivity contribution in [3.63, 3.8) is 0 Å². The Morgan fingerprint density at radius 1 is 0.639 bits per heavy atom. The quantitative estimate of drug-likeness (QED) is 0.177. The monoisotopic (exact) mass is 576 g/mol. The van der Waals surface area contributed by atoms with Crippen LogP contribution in [0.2, 0.25) is 0 Å². The van der Waals surface area contributed by atoms with Crippen LogP contribution >= 0.6 is 46.4 Å². The van der Waals surface area contributed by atoms with Gasteiger partial charge in [-0.3, -0.25) is 10.6 Å². The lowest BCUT2D eigenvalue weighted by Crippen LogP contribution is -2.32. The fourth-order valence-corrected chi connectivity index (χ4v) is 5.92. The molecule has 36 heavy (non-hydrogen) atoms. The molecule has 2 rings (SSSR count). The van der Waals surface area contributed by atoms with Gasteiger partial charge in [0, 0.05) is 13.1 Å². The largest absolute Gasteiger partial charge is 0.394 e. The molecule has 2 aromatic carbocycles. The minimum absolute atomic E-state index is 0. The molecule has 0 aliphatic heterocycles. The predicted molar refractivity (Wildman–Crippen MR) is 165 cm³/mol. The van der Waals surface area contributed by atoms with Gasteiger partial charge in [0.2, 0.25) is 0 Å². The molecule has 8 heteroatoms. The van der Waals surface area contributed by atoms with E-state index in [1.54, 1.807) is 21.6 Å². The number of aliphatic hydroxyl groups is 2. The van der Waals surface area contributed by atoms with Crippen LogP contribution in [-0.2, 0) is 23.9 Å². The maximum Gasteiger partial charge on any atom is 0.0874 e. The van der Waals surface area contributed by atoms with Gasteiger partial charge in [-0.1, -0.05) is 111 Å². The van der Waals surface area contributed by atoms with Crippen molar-refractivity contribution in [1.29, 1.82) is 0 Å². The van der Waals surface area contributed by atoms with Gasteiger partial charge in [-0.05, 0) is 46.9 Å². The van der Waals surface area contributed by atoms with E-state index in [-0.39, 0.29) is 59.6 Å². The van der Waals surface area contributed by atoms with E-state index in [0.717, 1.165) is 0 Å². The van der Waals surface area contributed by atoms with Gasteiger partial charge in [0.25, 0.3) is 0 Å². The third kappa shape index (κ3) is 12.0. The first-order valence-electron chi connectivity index (χ1n) is 12.0. The second kappa shape index (κ2) is 15.8. The SMILES string of the molecule is Cc1cc(CNC(CO)SSC(CO)NCc2cc(C)cc(C(C)(C)C)c2)cc(C(C)(C)C)c1.Cl.Cl. The molecule has 0 fully saturated rings. The lowest BCUT2D eigenvalue weighted by atomic mass is 9.85. The smallest absolute Gasteiger partial charge is 0.0874 e. The summed E-state index contributed by atoms with van der Waals surface area (Å²) >= 11 is 0. The summed E-state index contributed by atoms with van der Waals surface area (Å²) < 4.78 is 0. The van der Waals surface area contributed by atoms with Crippen molar-refractivity contribution in [3.05, 3.63) is 69.8 Å². The van der Waals surface area contributed by atoms with Gasteiger partial charge in [0.1, 0.15) is 0 Å². The molecule has 2 aromatic rings. The summed E-state index contributed by atoms with van der Waals surface area (Å²) in [6.45, 7) is 19.1. The normalized spacial score (nSPS) is 13.5. The summed E-state index contributed by atoms with van der Waals surface area (Å²) in [5.74, 6) is 0. The highest BCUT2D eigenvalue weighted by Gasteiger charge is 2.18. The second-order valence-corrected chi connectivity index (χ2v) is 13.9. The van der Waals surface area contributed by atoms with E-state index < -0.39 is 0 Å². The Morgan fingerprint density at radius 3 is 1.25 bits per heavy atom. The van der Waals surface area contributed by atoms with Crippen LogP contribution < -0.4 is 10.6 Å². The molecule has 0 radical (unpaired) electrons.